The van der Waals surface area contributed by atoms with Crippen molar-refractivity contribution < 1.29 is 9.42 Å². The van der Waals surface area contributed by atoms with E-state index in [4.69, 9.17) is 16.3 Å². The van der Waals surface area contributed by atoms with Crippen LogP contribution in [-0.4, -0.2) is 40.3 Å². The third-order valence-electron chi connectivity index (χ3n) is 6.96. The molecule has 2 atom stereocenters. The van der Waals surface area contributed by atoms with E-state index in [-0.39, 0.29) is 9.90 Å². The zero-order valence-corrected chi connectivity index (χ0v) is 22.7. The Hall–Kier alpha value is 1.35. The molecule has 0 aliphatic rings. The molecule has 0 bridgehead atoms. The van der Waals surface area contributed by atoms with E-state index in [0.717, 1.165) is 41.6 Å². The summed E-state index contributed by atoms with van der Waals surface area (Å²) in [6.45, 7) is 14.3. The van der Waals surface area contributed by atoms with Crippen molar-refractivity contribution >= 4 is 35.3 Å². The standard InChI is InChI=1S/C20H47O2PS2.H3P/c1-7-13-17-22-23(21,24)25(11-5,12-6,18-14-8-2,19-15-9-3)20-16-10-4;/h7-20H2,1-6H3,(H,21,24);1H3. The molecule has 0 heterocycles. The summed E-state index contributed by atoms with van der Waals surface area (Å²) in [5, 5.41) is 0. The Morgan fingerprint density at radius 3 is 1.35 bits per heavy atom. The predicted molar refractivity (Wildman–Crippen MR) is 136 cm³/mol. The van der Waals surface area contributed by atoms with Crippen LogP contribution in [-0.2, 0) is 16.3 Å². The first-order valence-electron chi connectivity index (χ1n) is 10.7. The highest BCUT2D eigenvalue weighted by Crippen LogP contribution is 3.09. The Morgan fingerprint density at radius 2 is 1.08 bits per heavy atom. The van der Waals surface area contributed by atoms with Crippen molar-refractivity contribution in [2.24, 2.45) is 0 Å². The summed E-state index contributed by atoms with van der Waals surface area (Å²) in [6.07, 6.45) is 9.11. The van der Waals surface area contributed by atoms with Gasteiger partial charge in [0.05, 0.1) is 6.61 Å². The second-order valence-electron chi connectivity index (χ2n) is 8.09. The van der Waals surface area contributed by atoms with E-state index in [1.807, 2.05) is 0 Å². The molecule has 6 heteroatoms. The van der Waals surface area contributed by atoms with Gasteiger partial charge in [0.25, 0.3) is 0 Å². The molecule has 26 heavy (non-hydrogen) atoms. The normalized spacial score (nSPS) is 17.0. The van der Waals surface area contributed by atoms with Gasteiger partial charge in [-0.15, -0.1) is 0 Å². The molecule has 0 saturated heterocycles. The van der Waals surface area contributed by atoms with Crippen LogP contribution >= 0.6 is 23.5 Å². The summed E-state index contributed by atoms with van der Waals surface area (Å²) in [4.78, 5) is 12.0. The Bertz CT molecular complexity index is 406. The van der Waals surface area contributed by atoms with Gasteiger partial charge < -0.3 is 9.42 Å². The molecule has 0 radical (unpaired) electrons. The molecule has 0 aromatic rings. The summed E-state index contributed by atoms with van der Waals surface area (Å²) in [6, 6.07) is 0. The summed E-state index contributed by atoms with van der Waals surface area (Å²) in [5.41, 5.74) is -2.86. The van der Waals surface area contributed by atoms with Crippen LogP contribution in [0, 0.1) is 0 Å². The fourth-order valence-corrected chi connectivity index (χ4v) is 23.6. The van der Waals surface area contributed by atoms with Gasteiger partial charge in [-0.05, 0) is 66.3 Å². The van der Waals surface area contributed by atoms with Crippen LogP contribution in [0.3, 0.4) is 0 Å². The minimum Gasteiger partial charge on any atom is -0.339 e. The Kier molecular flexibility index (Phi) is 13.8. The van der Waals surface area contributed by atoms with E-state index >= 15 is 0 Å². The predicted octanol–water partition coefficient (Wildman–Crippen LogP) is 7.39. The monoisotopic (exact) mass is 448 g/mol. The quantitative estimate of drug-likeness (QED) is 0.197. The second-order valence-corrected chi connectivity index (χ2v) is 24.6. The highest BCUT2D eigenvalue weighted by atomic mass is 33.0. The minimum atomic E-state index is -2.89. The molecule has 0 aromatic heterocycles. The zero-order chi connectivity index (χ0) is 19.5. The lowest BCUT2D eigenvalue weighted by molar-refractivity contribution is 0.310. The van der Waals surface area contributed by atoms with Gasteiger partial charge in [-0.1, -0.05) is 67.2 Å². The van der Waals surface area contributed by atoms with Crippen molar-refractivity contribution in [3.8, 4) is 0 Å². The number of hydrogen-bond acceptors (Lipinski definition) is 2. The molecule has 0 aromatic carbocycles. The summed E-state index contributed by atoms with van der Waals surface area (Å²) in [5.74, 6) is 5.49. The fourth-order valence-electron chi connectivity index (χ4n) is 4.41. The van der Waals surface area contributed by atoms with E-state index in [9.17, 15) is 4.89 Å². The molecule has 1 N–H and O–H groups in total. The average molecular weight is 449 g/mol. The van der Waals surface area contributed by atoms with Gasteiger partial charge in [0.15, 0.2) is 0 Å². The smallest absolute Gasteiger partial charge is 0.215 e. The van der Waals surface area contributed by atoms with E-state index in [1.165, 1.54) is 38.5 Å². The molecular formula is C20H50O2P2S2. The van der Waals surface area contributed by atoms with Crippen molar-refractivity contribution in [3.05, 3.63) is 0 Å². The van der Waals surface area contributed by atoms with Crippen molar-refractivity contribution in [2.75, 3.05) is 35.4 Å². The first-order valence-corrected chi connectivity index (χ1v) is 17.3. The van der Waals surface area contributed by atoms with Gasteiger partial charge in [-0.2, -0.15) is 9.90 Å². The van der Waals surface area contributed by atoms with Crippen molar-refractivity contribution in [1.29, 1.82) is 0 Å². The molecular weight excluding hydrogens is 398 g/mol. The van der Waals surface area contributed by atoms with Gasteiger partial charge in [0.1, 0.15) is 0 Å². The summed E-state index contributed by atoms with van der Waals surface area (Å²) in [7, 11) is -2.89. The maximum absolute atomic E-state index is 12.0. The Labute approximate surface area is 172 Å². The third-order valence-corrected chi connectivity index (χ3v) is 31.2. The molecule has 0 aliphatic heterocycles. The van der Waals surface area contributed by atoms with Gasteiger partial charge in [0.2, 0.25) is 5.69 Å². The first-order chi connectivity index (χ1) is 11.7. The number of unbranched alkanes of at least 4 members (excludes halogenated alkanes) is 4. The van der Waals surface area contributed by atoms with E-state index < -0.39 is 13.6 Å². The van der Waals surface area contributed by atoms with E-state index in [2.05, 4.69) is 41.5 Å². The number of hydrogen-bond donors (Lipinski definition) is 1. The van der Waals surface area contributed by atoms with Crippen LogP contribution in [0.25, 0.3) is 0 Å². The molecule has 2 unspecified atom stereocenters. The van der Waals surface area contributed by atoms with Crippen molar-refractivity contribution in [3.63, 3.8) is 0 Å². The molecule has 0 spiro atoms. The van der Waals surface area contributed by atoms with E-state index in [0.29, 0.717) is 6.61 Å². The summed E-state index contributed by atoms with van der Waals surface area (Å²) >= 11 is 6.15. The second kappa shape index (κ2) is 12.1. The zero-order valence-electron chi connectivity index (χ0n) is 18.7. The van der Waals surface area contributed by atoms with Crippen LogP contribution in [0.1, 0.15) is 92.9 Å². The molecule has 0 fully saturated rings. The third kappa shape index (κ3) is 5.28. The van der Waals surface area contributed by atoms with Crippen LogP contribution in [0.4, 0.5) is 0 Å². The average Bonchev–Trinajstić information content (AvgIpc) is 2.63. The first kappa shape index (κ1) is 29.6. The minimum absolute atomic E-state index is 0. The van der Waals surface area contributed by atoms with Crippen molar-refractivity contribution in [2.45, 2.75) is 92.9 Å². The van der Waals surface area contributed by atoms with Crippen LogP contribution in [0.15, 0.2) is 0 Å². The Balaban J connectivity index is 0. The van der Waals surface area contributed by atoms with Crippen LogP contribution in [0.5, 0.6) is 0 Å². The van der Waals surface area contributed by atoms with Gasteiger partial charge >= 0.3 is 0 Å². The van der Waals surface area contributed by atoms with Gasteiger partial charge in [-0.3, -0.25) is 0 Å². The molecule has 0 amide bonds. The lowest BCUT2D eigenvalue weighted by Crippen LogP contribution is -2.49. The largest absolute Gasteiger partial charge is 0.339 e. The topological polar surface area (TPSA) is 29.5 Å². The summed E-state index contributed by atoms with van der Waals surface area (Å²) < 4.78 is 6.35. The highest BCUT2D eigenvalue weighted by Gasteiger charge is 2.66. The fraction of sp³-hybridized carbons (Fsp3) is 1.00. The van der Waals surface area contributed by atoms with E-state index in [1.54, 1.807) is 0 Å². The van der Waals surface area contributed by atoms with Gasteiger partial charge in [-0.25, -0.2) is 7.91 Å². The lowest BCUT2D eigenvalue weighted by Gasteiger charge is -2.81. The lowest BCUT2D eigenvalue weighted by atomic mass is 10.4. The Morgan fingerprint density at radius 1 is 0.731 bits per heavy atom. The number of rotatable bonds is 16. The molecule has 0 rings (SSSR count). The van der Waals surface area contributed by atoms with Crippen LogP contribution < -0.4 is 0 Å². The molecule has 0 saturated carbocycles. The molecule has 0 aliphatic carbocycles. The highest BCUT2D eigenvalue weighted by molar-refractivity contribution is 9.04. The molecule has 164 valence electrons. The molecule has 2 nitrogen and oxygen atoms in total. The maximum atomic E-state index is 12.0. The SMILES string of the molecule is CCCCOP(O)(=S)S(CC)(CC)(CCCC)(CCCC)CCCC.P. The van der Waals surface area contributed by atoms with Crippen molar-refractivity contribution in [1.82, 2.24) is 0 Å². The maximum Gasteiger partial charge on any atom is 0.215 e. The van der Waals surface area contributed by atoms with Gasteiger partial charge in [0, 0.05) is 0 Å². The van der Waals surface area contributed by atoms with Crippen LogP contribution in [0.2, 0.25) is 0 Å².